The SMILES string of the molecule is CCNC(=NCC1(CCO)CCOC1)NCCCOCCc1ccccc1.I. The van der Waals surface area contributed by atoms with Crippen molar-refractivity contribution in [1.29, 1.82) is 0 Å². The van der Waals surface area contributed by atoms with Crippen LogP contribution in [0.15, 0.2) is 35.3 Å². The van der Waals surface area contributed by atoms with Crippen molar-refractivity contribution in [1.82, 2.24) is 10.6 Å². The van der Waals surface area contributed by atoms with Crippen molar-refractivity contribution < 1.29 is 14.6 Å². The maximum absolute atomic E-state index is 9.33. The predicted octanol–water partition coefficient (Wildman–Crippen LogP) is 2.60. The van der Waals surface area contributed by atoms with Crippen molar-refractivity contribution in [3.63, 3.8) is 0 Å². The molecular formula is C21H36IN3O3. The van der Waals surface area contributed by atoms with E-state index >= 15 is 0 Å². The fourth-order valence-corrected chi connectivity index (χ4v) is 3.19. The minimum absolute atomic E-state index is 0. The molecule has 1 unspecified atom stereocenters. The van der Waals surface area contributed by atoms with Gasteiger partial charge in [0.15, 0.2) is 5.96 Å². The van der Waals surface area contributed by atoms with E-state index in [1.807, 2.05) is 6.07 Å². The molecule has 1 atom stereocenters. The Bertz CT molecular complexity index is 537. The summed E-state index contributed by atoms with van der Waals surface area (Å²) in [5.74, 6) is 0.825. The summed E-state index contributed by atoms with van der Waals surface area (Å²) < 4.78 is 11.3. The van der Waals surface area contributed by atoms with Crippen molar-refractivity contribution in [3.8, 4) is 0 Å². The summed E-state index contributed by atoms with van der Waals surface area (Å²) in [5, 5.41) is 16.0. The average Bonchev–Trinajstić information content (AvgIpc) is 3.15. The van der Waals surface area contributed by atoms with Crippen molar-refractivity contribution in [3.05, 3.63) is 35.9 Å². The smallest absolute Gasteiger partial charge is 0.191 e. The van der Waals surface area contributed by atoms with Crippen molar-refractivity contribution in [2.24, 2.45) is 10.4 Å². The standard InChI is InChI=1S/C21H35N3O3.HI/c1-2-22-20(24-17-21(10-13-25)11-16-27-18-21)23-12-6-14-26-15-9-19-7-4-3-5-8-19;/h3-5,7-8,25H,2,6,9-18H2,1H3,(H2,22,23,24);1H. The Kier molecular flexibility index (Phi) is 13.5. The molecular weight excluding hydrogens is 469 g/mol. The Morgan fingerprint density at radius 3 is 2.75 bits per heavy atom. The first-order valence-corrected chi connectivity index (χ1v) is 10.1. The van der Waals surface area contributed by atoms with E-state index < -0.39 is 0 Å². The van der Waals surface area contributed by atoms with Crippen LogP contribution in [0, 0.1) is 5.41 Å². The second-order valence-electron chi connectivity index (χ2n) is 7.10. The van der Waals surface area contributed by atoms with Crippen LogP contribution in [0.2, 0.25) is 0 Å². The van der Waals surface area contributed by atoms with Gasteiger partial charge in [0.2, 0.25) is 0 Å². The molecule has 7 heteroatoms. The quantitative estimate of drug-likeness (QED) is 0.176. The van der Waals surface area contributed by atoms with Crippen LogP contribution >= 0.6 is 24.0 Å². The molecule has 0 bridgehead atoms. The number of guanidine groups is 1. The lowest BCUT2D eigenvalue weighted by atomic mass is 9.84. The Morgan fingerprint density at radius 1 is 1.25 bits per heavy atom. The average molecular weight is 505 g/mol. The van der Waals surface area contributed by atoms with Crippen LogP contribution in [0.4, 0.5) is 0 Å². The van der Waals surface area contributed by atoms with E-state index in [-0.39, 0.29) is 36.0 Å². The highest BCUT2D eigenvalue weighted by atomic mass is 127. The summed E-state index contributed by atoms with van der Waals surface area (Å²) in [6.07, 6.45) is 3.59. The van der Waals surface area contributed by atoms with Gasteiger partial charge in [0.05, 0.1) is 19.8 Å². The second-order valence-corrected chi connectivity index (χ2v) is 7.10. The highest BCUT2D eigenvalue weighted by Crippen LogP contribution is 2.32. The summed E-state index contributed by atoms with van der Waals surface area (Å²) >= 11 is 0. The third-order valence-electron chi connectivity index (χ3n) is 4.88. The highest BCUT2D eigenvalue weighted by molar-refractivity contribution is 14.0. The molecule has 1 aromatic carbocycles. The molecule has 3 N–H and O–H groups in total. The molecule has 1 fully saturated rings. The Balaban J connectivity index is 0.00000392. The van der Waals surface area contributed by atoms with Gasteiger partial charge in [-0.25, -0.2) is 0 Å². The first-order chi connectivity index (χ1) is 13.3. The summed E-state index contributed by atoms with van der Waals surface area (Å²) in [6.45, 7) is 7.50. The first-order valence-electron chi connectivity index (χ1n) is 10.1. The molecule has 160 valence electrons. The first kappa shape index (κ1) is 25.1. The van der Waals surface area contributed by atoms with Gasteiger partial charge < -0.3 is 25.2 Å². The number of aliphatic hydroxyl groups is 1. The molecule has 6 nitrogen and oxygen atoms in total. The van der Waals surface area contributed by atoms with Gasteiger partial charge in [0.25, 0.3) is 0 Å². The van der Waals surface area contributed by atoms with Crippen molar-refractivity contribution in [2.45, 2.75) is 32.6 Å². The monoisotopic (exact) mass is 505 g/mol. The number of nitrogens with zero attached hydrogens (tertiary/aromatic N) is 1. The lowest BCUT2D eigenvalue weighted by Gasteiger charge is -2.24. The van der Waals surface area contributed by atoms with E-state index in [1.165, 1.54) is 5.56 Å². The Labute approximate surface area is 186 Å². The maximum atomic E-state index is 9.33. The van der Waals surface area contributed by atoms with Gasteiger partial charge in [-0.1, -0.05) is 30.3 Å². The maximum Gasteiger partial charge on any atom is 0.191 e. The molecule has 0 aliphatic carbocycles. The highest BCUT2D eigenvalue weighted by Gasteiger charge is 2.34. The lowest BCUT2D eigenvalue weighted by molar-refractivity contribution is 0.131. The van der Waals surface area contributed by atoms with Gasteiger partial charge in [-0.3, -0.25) is 4.99 Å². The fourth-order valence-electron chi connectivity index (χ4n) is 3.19. The van der Waals surface area contributed by atoms with Crippen LogP contribution in [0.5, 0.6) is 0 Å². The largest absolute Gasteiger partial charge is 0.396 e. The molecule has 0 spiro atoms. The molecule has 2 rings (SSSR count). The van der Waals surface area contributed by atoms with E-state index in [4.69, 9.17) is 14.5 Å². The Morgan fingerprint density at radius 2 is 2.07 bits per heavy atom. The number of hydrogen-bond donors (Lipinski definition) is 3. The van der Waals surface area contributed by atoms with Crippen LogP contribution in [0.1, 0.15) is 31.7 Å². The normalized spacial score (nSPS) is 19.3. The lowest BCUT2D eigenvalue weighted by Crippen LogP contribution is -2.39. The molecule has 1 aromatic rings. The molecule has 0 aromatic heterocycles. The summed E-state index contributed by atoms with van der Waals surface area (Å²) in [5.41, 5.74) is 1.29. The molecule has 0 amide bonds. The van der Waals surface area contributed by atoms with Crippen LogP contribution in [0.25, 0.3) is 0 Å². The minimum atomic E-state index is -0.0162. The Hall–Kier alpha value is -0.900. The molecule has 1 aliphatic rings. The zero-order chi connectivity index (χ0) is 19.2. The van der Waals surface area contributed by atoms with Crippen LogP contribution in [-0.4, -0.2) is 63.7 Å². The molecule has 1 aliphatic heterocycles. The number of ether oxygens (including phenoxy) is 2. The van der Waals surface area contributed by atoms with E-state index in [1.54, 1.807) is 0 Å². The van der Waals surface area contributed by atoms with E-state index in [0.29, 0.717) is 13.2 Å². The number of rotatable bonds is 12. The third kappa shape index (κ3) is 9.54. The number of hydrogen-bond acceptors (Lipinski definition) is 4. The molecule has 28 heavy (non-hydrogen) atoms. The number of aliphatic imine (C=N–C) groups is 1. The number of halogens is 1. The van der Waals surface area contributed by atoms with E-state index in [2.05, 4.69) is 41.8 Å². The number of benzene rings is 1. The van der Waals surface area contributed by atoms with Gasteiger partial charge in [-0.15, -0.1) is 24.0 Å². The fraction of sp³-hybridized carbons (Fsp3) is 0.667. The summed E-state index contributed by atoms with van der Waals surface area (Å²) in [6, 6.07) is 10.4. The van der Waals surface area contributed by atoms with Crippen LogP contribution in [0.3, 0.4) is 0 Å². The second kappa shape index (κ2) is 15.0. The zero-order valence-corrected chi connectivity index (χ0v) is 19.3. The van der Waals surface area contributed by atoms with Gasteiger partial charge in [-0.2, -0.15) is 0 Å². The van der Waals surface area contributed by atoms with Gasteiger partial charge >= 0.3 is 0 Å². The van der Waals surface area contributed by atoms with Crippen LogP contribution in [-0.2, 0) is 15.9 Å². The minimum Gasteiger partial charge on any atom is -0.396 e. The topological polar surface area (TPSA) is 75.1 Å². The third-order valence-corrected chi connectivity index (χ3v) is 4.88. The molecule has 1 saturated heterocycles. The molecule has 1 heterocycles. The number of aliphatic hydroxyl groups excluding tert-OH is 1. The summed E-state index contributed by atoms with van der Waals surface area (Å²) in [7, 11) is 0. The predicted molar refractivity (Wildman–Crippen MR) is 125 cm³/mol. The molecule has 0 saturated carbocycles. The molecule has 0 radical (unpaired) electrons. The van der Waals surface area contributed by atoms with Gasteiger partial charge in [0.1, 0.15) is 0 Å². The van der Waals surface area contributed by atoms with Gasteiger partial charge in [-0.05, 0) is 38.2 Å². The summed E-state index contributed by atoms with van der Waals surface area (Å²) in [4.78, 5) is 4.72. The number of nitrogens with one attached hydrogen (secondary N) is 2. The van der Waals surface area contributed by atoms with Crippen LogP contribution < -0.4 is 10.6 Å². The van der Waals surface area contributed by atoms with Gasteiger partial charge in [0, 0.05) is 38.3 Å². The van der Waals surface area contributed by atoms with E-state index in [0.717, 1.165) is 64.6 Å². The van der Waals surface area contributed by atoms with Crippen molar-refractivity contribution >= 4 is 29.9 Å². The van der Waals surface area contributed by atoms with E-state index in [9.17, 15) is 5.11 Å². The zero-order valence-electron chi connectivity index (χ0n) is 17.0. The van der Waals surface area contributed by atoms with Crippen molar-refractivity contribution in [2.75, 3.05) is 52.7 Å².